The predicted molar refractivity (Wildman–Crippen MR) is 132 cm³/mol. The van der Waals surface area contributed by atoms with Gasteiger partial charge in [0.1, 0.15) is 0 Å². The summed E-state index contributed by atoms with van der Waals surface area (Å²) in [5.41, 5.74) is 7.51. The van der Waals surface area contributed by atoms with E-state index in [0.29, 0.717) is 0 Å². The smallest absolute Gasteiger partial charge is 0.240 e. The summed E-state index contributed by atoms with van der Waals surface area (Å²) in [5, 5.41) is 8.58. The zero-order valence-electron chi connectivity index (χ0n) is 19.4. The lowest BCUT2D eigenvalue weighted by Gasteiger charge is -2.19. The van der Waals surface area contributed by atoms with Crippen LogP contribution in [0.1, 0.15) is 40.9 Å². The molecular formula is C25H29N5OS. The lowest BCUT2D eigenvalue weighted by Crippen LogP contribution is -2.36. The fourth-order valence-electron chi connectivity index (χ4n) is 3.71. The Morgan fingerprint density at radius 2 is 1.91 bits per heavy atom. The van der Waals surface area contributed by atoms with Gasteiger partial charge in [0, 0.05) is 7.05 Å². The Labute approximate surface area is 192 Å². The second-order valence-electron chi connectivity index (χ2n) is 8.47. The van der Waals surface area contributed by atoms with E-state index in [2.05, 4.69) is 61.5 Å². The van der Waals surface area contributed by atoms with Crippen molar-refractivity contribution in [3.63, 3.8) is 0 Å². The van der Waals surface area contributed by atoms with E-state index < -0.39 is 0 Å². The SMILES string of the molecule is Cc1cccc(-n2nc(C)c3sc(N(C)CC(=O)NC(C)c4ccc(C)c(C)c4)nc32)c1. The van der Waals surface area contributed by atoms with Crippen LogP contribution in [0, 0.1) is 27.7 Å². The summed E-state index contributed by atoms with van der Waals surface area (Å²) in [4.78, 5) is 19.4. The minimum absolute atomic E-state index is 0.0329. The van der Waals surface area contributed by atoms with Crippen molar-refractivity contribution in [3.05, 3.63) is 70.4 Å². The lowest BCUT2D eigenvalue weighted by atomic mass is 10.0. The van der Waals surface area contributed by atoms with Gasteiger partial charge in [0.15, 0.2) is 10.8 Å². The van der Waals surface area contributed by atoms with Crippen molar-refractivity contribution in [3.8, 4) is 5.69 Å². The lowest BCUT2D eigenvalue weighted by molar-refractivity contribution is -0.120. The molecule has 166 valence electrons. The van der Waals surface area contributed by atoms with E-state index in [0.717, 1.165) is 32.4 Å². The third-order valence-corrected chi connectivity index (χ3v) is 7.01. The number of hydrogen-bond acceptors (Lipinski definition) is 5. The molecule has 0 spiro atoms. The number of likely N-dealkylation sites (N-methyl/N-ethyl adjacent to an activating group) is 1. The molecule has 1 amide bonds. The average Bonchev–Trinajstić information content (AvgIpc) is 3.30. The third-order valence-electron chi connectivity index (χ3n) is 5.74. The van der Waals surface area contributed by atoms with Crippen molar-refractivity contribution in [2.75, 3.05) is 18.5 Å². The maximum absolute atomic E-state index is 12.7. The molecule has 6 nitrogen and oxygen atoms in total. The summed E-state index contributed by atoms with van der Waals surface area (Å²) >= 11 is 1.56. The van der Waals surface area contributed by atoms with Gasteiger partial charge < -0.3 is 10.2 Å². The molecule has 1 atom stereocenters. The molecule has 0 aliphatic heterocycles. The van der Waals surface area contributed by atoms with Crippen molar-refractivity contribution in [1.82, 2.24) is 20.1 Å². The fraction of sp³-hybridized carbons (Fsp3) is 0.320. The van der Waals surface area contributed by atoms with Gasteiger partial charge in [0.2, 0.25) is 5.91 Å². The molecule has 0 aliphatic carbocycles. The van der Waals surface area contributed by atoms with Crippen molar-refractivity contribution in [2.45, 2.75) is 40.7 Å². The largest absolute Gasteiger partial charge is 0.348 e. The number of rotatable bonds is 6. The number of nitrogens with zero attached hydrogens (tertiary/aromatic N) is 4. The first kappa shape index (κ1) is 22.0. The third kappa shape index (κ3) is 4.39. The van der Waals surface area contributed by atoms with Crippen LogP contribution in [0.5, 0.6) is 0 Å². The van der Waals surface area contributed by atoms with Gasteiger partial charge in [-0.2, -0.15) is 10.1 Å². The Kier molecular flexibility index (Phi) is 6.02. The number of thiazole rings is 1. The maximum atomic E-state index is 12.7. The maximum Gasteiger partial charge on any atom is 0.240 e. The number of nitrogens with one attached hydrogen (secondary N) is 1. The number of aromatic nitrogens is 3. The van der Waals surface area contributed by atoms with Crippen LogP contribution in [0.2, 0.25) is 0 Å². The highest BCUT2D eigenvalue weighted by molar-refractivity contribution is 7.22. The van der Waals surface area contributed by atoms with E-state index in [9.17, 15) is 4.79 Å². The molecule has 4 rings (SSSR count). The zero-order valence-corrected chi connectivity index (χ0v) is 20.2. The molecule has 0 radical (unpaired) electrons. The van der Waals surface area contributed by atoms with E-state index >= 15 is 0 Å². The van der Waals surface area contributed by atoms with Gasteiger partial charge in [-0.25, -0.2) is 4.68 Å². The molecule has 0 saturated carbocycles. The molecule has 2 aromatic heterocycles. The Morgan fingerprint density at radius 1 is 1.12 bits per heavy atom. The van der Waals surface area contributed by atoms with Crippen molar-refractivity contribution >= 4 is 32.7 Å². The number of carbonyl (C=O) groups excluding carboxylic acids is 1. The molecular weight excluding hydrogens is 418 g/mol. The summed E-state index contributed by atoms with van der Waals surface area (Å²) in [7, 11) is 1.90. The van der Waals surface area contributed by atoms with Crippen molar-refractivity contribution < 1.29 is 4.79 Å². The van der Waals surface area contributed by atoms with Gasteiger partial charge in [0.25, 0.3) is 0 Å². The highest BCUT2D eigenvalue weighted by Gasteiger charge is 2.19. The summed E-state index contributed by atoms with van der Waals surface area (Å²) in [6.45, 7) is 10.5. The Bertz CT molecular complexity index is 1290. The zero-order chi connectivity index (χ0) is 23.0. The number of benzene rings is 2. The average molecular weight is 448 g/mol. The summed E-state index contributed by atoms with van der Waals surface area (Å²) in [5.74, 6) is -0.0329. The summed E-state index contributed by atoms with van der Waals surface area (Å²) in [6, 6.07) is 14.5. The van der Waals surface area contributed by atoms with E-state index in [1.54, 1.807) is 11.3 Å². The van der Waals surface area contributed by atoms with E-state index in [1.807, 2.05) is 42.6 Å². The van der Waals surface area contributed by atoms with Crippen LogP contribution < -0.4 is 10.2 Å². The molecule has 2 heterocycles. The van der Waals surface area contributed by atoms with Crippen LogP contribution in [-0.2, 0) is 4.79 Å². The molecule has 0 saturated heterocycles. The number of fused-ring (bicyclic) bond motifs is 1. The second-order valence-corrected chi connectivity index (χ2v) is 9.45. The van der Waals surface area contributed by atoms with Gasteiger partial charge in [-0.3, -0.25) is 4.79 Å². The predicted octanol–water partition coefficient (Wildman–Crippen LogP) is 5.03. The summed E-state index contributed by atoms with van der Waals surface area (Å²) < 4.78 is 2.92. The first-order valence-electron chi connectivity index (χ1n) is 10.7. The number of amides is 1. The molecule has 1 unspecified atom stereocenters. The Hall–Kier alpha value is -3.19. The molecule has 1 N–H and O–H groups in total. The molecule has 0 fully saturated rings. The topological polar surface area (TPSA) is 63.1 Å². The van der Waals surface area contributed by atoms with Crippen LogP contribution in [0.25, 0.3) is 16.0 Å². The highest BCUT2D eigenvalue weighted by Crippen LogP contribution is 2.32. The monoisotopic (exact) mass is 447 g/mol. The summed E-state index contributed by atoms with van der Waals surface area (Å²) in [6.07, 6.45) is 0. The van der Waals surface area contributed by atoms with Gasteiger partial charge in [-0.1, -0.05) is 41.7 Å². The van der Waals surface area contributed by atoms with Crippen LogP contribution >= 0.6 is 11.3 Å². The first-order chi connectivity index (χ1) is 15.2. The molecule has 4 aromatic rings. The van der Waals surface area contributed by atoms with Crippen LogP contribution in [-0.4, -0.2) is 34.3 Å². The highest BCUT2D eigenvalue weighted by atomic mass is 32.1. The number of hydrogen-bond donors (Lipinski definition) is 1. The van der Waals surface area contributed by atoms with E-state index in [-0.39, 0.29) is 18.5 Å². The number of carbonyl (C=O) groups is 1. The van der Waals surface area contributed by atoms with Crippen LogP contribution in [0.15, 0.2) is 42.5 Å². The van der Waals surface area contributed by atoms with Crippen LogP contribution in [0.3, 0.4) is 0 Å². The Balaban J connectivity index is 1.50. The molecule has 32 heavy (non-hydrogen) atoms. The van der Waals surface area contributed by atoms with Gasteiger partial charge in [0.05, 0.1) is 28.7 Å². The van der Waals surface area contributed by atoms with Crippen molar-refractivity contribution in [2.24, 2.45) is 0 Å². The second kappa shape index (κ2) is 8.74. The number of aryl methyl sites for hydroxylation is 4. The van der Waals surface area contributed by atoms with Gasteiger partial charge >= 0.3 is 0 Å². The van der Waals surface area contributed by atoms with E-state index in [1.165, 1.54) is 16.7 Å². The molecule has 7 heteroatoms. The molecule has 0 aliphatic rings. The minimum Gasteiger partial charge on any atom is -0.348 e. The van der Waals surface area contributed by atoms with E-state index in [4.69, 9.17) is 4.98 Å². The molecule has 0 bridgehead atoms. The molecule has 2 aromatic carbocycles. The number of anilines is 1. The quantitative estimate of drug-likeness (QED) is 0.450. The Morgan fingerprint density at radius 3 is 2.62 bits per heavy atom. The van der Waals surface area contributed by atoms with Gasteiger partial charge in [-0.15, -0.1) is 0 Å². The normalized spacial score (nSPS) is 12.2. The van der Waals surface area contributed by atoms with Crippen molar-refractivity contribution in [1.29, 1.82) is 0 Å². The first-order valence-corrected chi connectivity index (χ1v) is 11.6. The standard InChI is InChI=1S/C25H29N5OS/c1-15-8-7-9-21(12-15)30-24-23(19(5)28-30)32-25(27-24)29(6)14-22(31)26-18(4)20-11-10-16(2)17(3)13-20/h7-13,18H,14H2,1-6H3,(H,26,31). The van der Waals surface area contributed by atoms with Gasteiger partial charge in [-0.05, 0) is 69.0 Å². The fourth-order valence-corrected chi connectivity index (χ4v) is 4.66. The van der Waals surface area contributed by atoms with Crippen LogP contribution in [0.4, 0.5) is 5.13 Å². The minimum atomic E-state index is -0.0531.